The highest BCUT2D eigenvalue weighted by atomic mass is 127. The lowest BCUT2D eigenvalue weighted by Crippen LogP contribution is -2.52. The lowest BCUT2D eigenvalue weighted by molar-refractivity contribution is -0.128. The lowest BCUT2D eigenvalue weighted by Gasteiger charge is -2.37. The molecule has 0 saturated carbocycles. The minimum Gasteiger partial charge on any atom is -0.359 e. The van der Waals surface area contributed by atoms with Crippen molar-refractivity contribution in [1.82, 2.24) is 15.5 Å². The molecule has 0 aromatic carbocycles. The third-order valence-electron chi connectivity index (χ3n) is 3.91. The Labute approximate surface area is 146 Å². The number of piperidine rings is 1. The molecule has 2 unspecified atom stereocenters. The molecular weight excluding hydrogens is 379 g/mol. The molecule has 1 saturated heterocycles. The molecule has 0 aromatic heterocycles. The molecule has 124 valence electrons. The predicted octanol–water partition coefficient (Wildman–Crippen LogP) is 1.93. The van der Waals surface area contributed by atoms with Gasteiger partial charge in [-0.05, 0) is 32.1 Å². The third kappa shape index (κ3) is 6.00. The minimum atomic E-state index is -0.447. The van der Waals surface area contributed by atoms with Crippen LogP contribution in [0.4, 0.5) is 0 Å². The van der Waals surface area contributed by atoms with Crippen LogP contribution in [0, 0.1) is 17.3 Å². The van der Waals surface area contributed by atoms with Gasteiger partial charge in [-0.15, -0.1) is 24.0 Å². The summed E-state index contributed by atoms with van der Waals surface area (Å²) in [7, 11) is 3.48. The van der Waals surface area contributed by atoms with Crippen molar-refractivity contribution in [1.29, 1.82) is 0 Å². The molecule has 0 aliphatic carbocycles. The number of aliphatic imine (C=N–C) groups is 1. The number of amides is 1. The van der Waals surface area contributed by atoms with Crippen molar-refractivity contribution in [2.75, 3.05) is 33.7 Å². The van der Waals surface area contributed by atoms with Crippen molar-refractivity contribution in [2.45, 2.75) is 34.1 Å². The highest BCUT2D eigenvalue weighted by molar-refractivity contribution is 14.0. The summed E-state index contributed by atoms with van der Waals surface area (Å²) in [5, 5.41) is 6.06. The number of rotatable bonds is 3. The molecule has 1 heterocycles. The summed E-state index contributed by atoms with van der Waals surface area (Å²) >= 11 is 0. The van der Waals surface area contributed by atoms with E-state index in [0.717, 1.165) is 19.0 Å². The summed E-state index contributed by atoms with van der Waals surface area (Å²) < 4.78 is 0. The van der Waals surface area contributed by atoms with E-state index in [1.54, 1.807) is 14.1 Å². The third-order valence-corrected chi connectivity index (χ3v) is 3.91. The lowest BCUT2D eigenvalue weighted by atomic mass is 9.91. The summed E-state index contributed by atoms with van der Waals surface area (Å²) in [5.74, 6) is 2.31. The zero-order valence-corrected chi connectivity index (χ0v) is 16.5. The van der Waals surface area contributed by atoms with Crippen molar-refractivity contribution < 1.29 is 4.79 Å². The van der Waals surface area contributed by atoms with Gasteiger partial charge >= 0.3 is 0 Å². The Morgan fingerprint density at radius 1 is 1.29 bits per heavy atom. The predicted molar refractivity (Wildman–Crippen MR) is 99.1 cm³/mol. The Kier molecular flexibility index (Phi) is 8.58. The van der Waals surface area contributed by atoms with E-state index in [0.29, 0.717) is 18.4 Å². The van der Waals surface area contributed by atoms with E-state index < -0.39 is 5.41 Å². The quantitative estimate of drug-likeness (QED) is 0.425. The zero-order chi connectivity index (χ0) is 15.3. The van der Waals surface area contributed by atoms with Crippen LogP contribution in [-0.2, 0) is 4.79 Å². The Hall–Kier alpha value is -0.530. The molecule has 1 fully saturated rings. The van der Waals surface area contributed by atoms with Crippen molar-refractivity contribution >= 4 is 35.8 Å². The Bertz CT molecular complexity index is 361. The van der Waals surface area contributed by atoms with E-state index in [2.05, 4.69) is 34.4 Å². The van der Waals surface area contributed by atoms with Gasteiger partial charge < -0.3 is 15.5 Å². The van der Waals surface area contributed by atoms with Crippen LogP contribution in [0.2, 0.25) is 0 Å². The fourth-order valence-corrected chi connectivity index (χ4v) is 2.89. The first kappa shape index (κ1) is 20.5. The fourth-order valence-electron chi connectivity index (χ4n) is 2.89. The molecule has 21 heavy (non-hydrogen) atoms. The number of carbonyl (C=O) groups is 1. The SMILES string of the molecule is CN=C(NCC(C)(C)C(=O)NC)N1CC(C)CC(C)C1.I. The van der Waals surface area contributed by atoms with Crippen molar-refractivity contribution in [3.8, 4) is 0 Å². The van der Waals surface area contributed by atoms with Gasteiger partial charge in [0.2, 0.25) is 5.91 Å². The van der Waals surface area contributed by atoms with Crippen LogP contribution in [0.25, 0.3) is 0 Å². The first-order valence-corrected chi connectivity index (χ1v) is 7.48. The number of guanidine groups is 1. The van der Waals surface area contributed by atoms with E-state index >= 15 is 0 Å². The summed E-state index contributed by atoms with van der Waals surface area (Å²) in [6.45, 7) is 11.1. The summed E-state index contributed by atoms with van der Waals surface area (Å²) in [6.07, 6.45) is 1.28. The number of halogens is 1. The van der Waals surface area contributed by atoms with Crippen LogP contribution in [-0.4, -0.2) is 50.5 Å². The molecule has 0 spiro atoms. The average Bonchev–Trinajstić information content (AvgIpc) is 2.37. The maximum atomic E-state index is 11.8. The van der Waals surface area contributed by atoms with Gasteiger partial charge in [-0.3, -0.25) is 9.79 Å². The molecule has 2 N–H and O–H groups in total. The molecule has 0 bridgehead atoms. The van der Waals surface area contributed by atoms with Gasteiger partial charge in [0.1, 0.15) is 0 Å². The fraction of sp³-hybridized carbons (Fsp3) is 0.867. The van der Waals surface area contributed by atoms with Crippen molar-refractivity contribution in [3.05, 3.63) is 0 Å². The number of carbonyl (C=O) groups excluding carboxylic acids is 1. The van der Waals surface area contributed by atoms with E-state index in [4.69, 9.17) is 0 Å². The number of hydrogen-bond donors (Lipinski definition) is 2. The van der Waals surface area contributed by atoms with Crippen LogP contribution in [0.1, 0.15) is 34.1 Å². The van der Waals surface area contributed by atoms with Crippen molar-refractivity contribution in [2.24, 2.45) is 22.2 Å². The second-order valence-electron chi connectivity index (χ2n) is 6.71. The van der Waals surface area contributed by atoms with Gasteiger partial charge in [0, 0.05) is 33.7 Å². The van der Waals surface area contributed by atoms with E-state index in [1.807, 2.05) is 13.8 Å². The highest BCUT2D eigenvalue weighted by Gasteiger charge is 2.29. The minimum absolute atomic E-state index is 0. The van der Waals surface area contributed by atoms with Gasteiger partial charge in [-0.1, -0.05) is 13.8 Å². The van der Waals surface area contributed by atoms with Crippen LogP contribution in [0.15, 0.2) is 4.99 Å². The maximum Gasteiger partial charge on any atom is 0.227 e. The van der Waals surface area contributed by atoms with Gasteiger partial charge in [0.05, 0.1) is 5.41 Å². The Morgan fingerprint density at radius 2 is 1.81 bits per heavy atom. The molecule has 5 nitrogen and oxygen atoms in total. The van der Waals surface area contributed by atoms with E-state index in [1.165, 1.54) is 6.42 Å². The van der Waals surface area contributed by atoms with Crippen molar-refractivity contribution in [3.63, 3.8) is 0 Å². The van der Waals surface area contributed by atoms with Crippen LogP contribution in [0.3, 0.4) is 0 Å². The smallest absolute Gasteiger partial charge is 0.227 e. The summed E-state index contributed by atoms with van der Waals surface area (Å²) in [6, 6.07) is 0. The summed E-state index contributed by atoms with van der Waals surface area (Å²) in [5.41, 5.74) is -0.447. The number of hydrogen-bond acceptors (Lipinski definition) is 2. The highest BCUT2D eigenvalue weighted by Crippen LogP contribution is 2.21. The van der Waals surface area contributed by atoms with Crippen LogP contribution < -0.4 is 10.6 Å². The van der Waals surface area contributed by atoms with Crippen LogP contribution >= 0.6 is 24.0 Å². The van der Waals surface area contributed by atoms with Gasteiger partial charge in [-0.25, -0.2) is 0 Å². The molecule has 1 aliphatic rings. The van der Waals surface area contributed by atoms with Gasteiger partial charge in [0.25, 0.3) is 0 Å². The molecule has 1 amide bonds. The molecule has 6 heteroatoms. The zero-order valence-electron chi connectivity index (χ0n) is 14.2. The molecule has 2 atom stereocenters. The number of nitrogens with one attached hydrogen (secondary N) is 2. The monoisotopic (exact) mass is 410 g/mol. The number of likely N-dealkylation sites (tertiary alicyclic amines) is 1. The molecule has 1 rings (SSSR count). The topological polar surface area (TPSA) is 56.7 Å². The first-order chi connectivity index (χ1) is 9.30. The van der Waals surface area contributed by atoms with Gasteiger partial charge in [-0.2, -0.15) is 0 Å². The summed E-state index contributed by atoms with van der Waals surface area (Å²) in [4.78, 5) is 18.5. The van der Waals surface area contributed by atoms with E-state index in [9.17, 15) is 4.79 Å². The molecule has 0 aromatic rings. The van der Waals surface area contributed by atoms with Crippen LogP contribution in [0.5, 0.6) is 0 Å². The largest absolute Gasteiger partial charge is 0.359 e. The second-order valence-corrected chi connectivity index (χ2v) is 6.71. The average molecular weight is 410 g/mol. The normalized spacial score (nSPS) is 23.3. The Balaban J connectivity index is 0.00000400. The molecular formula is C15H31IN4O. The molecule has 1 aliphatic heterocycles. The first-order valence-electron chi connectivity index (χ1n) is 7.48. The second kappa shape index (κ2) is 8.80. The number of nitrogens with zero attached hydrogens (tertiary/aromatic N) is 2. The van der Waals surface area contributed by atoms with Gasteiger partial charge in [0.15, 0.2) is 5.96 Å². The Morgan fingerprint density at radius 3 is 2.24 bits per heavy atom. The van der Waals surface area contributed by atoms with E-state index in [-0.39, 0.29) is 29.9 Å². The standard InChI is InChI=1S/C15H30N4O.HI/c1-11-7-12(2)9-19(8-11)14(17-6)18-10-15(3,4)13(20)16-5;/h11-12H,7-10H2,1-6H3,(H,16,20)(H,17,18);1H. The molecule has 0 radical (unpaired) electrons. The maximum absolute atomic E-state index is 11.8.